The van der Waals surface area contributed by atoms with Crippen LogP contribution in [0.1, 0.15) is 18.9 Å². The highest BCUT2D eigenvalue weighted by atomic mass is 28.3. The summed E-state index contributed by atoms with van der Waals surface area (Å²) < 4.78 is 42.6. The number of aliphatic carboxylic acids is 1. The van der Waals surface area contributed by atoms with Crippen LogP contribution in [-0.2, 0) is 19.9 Å². The number of halogens is 2. The molecular weight excluding hydrogens is 362 g/mol. The van der Waals surface area contributed by atoms with E-state index in [4.69, 9.17) is 14.2 Å². The summed E-state index contributed by atoms with van der Waals surface area (Å²) in [5, 5.41) is 9.68. The van der Waals surface area contributed by atoms with Crippen LogP contribution in [0.5, 0.6) is 5.75 Å². The van der Waals surface area contributed by atoms with Crippen LogP contribution in [0.25, 0.3) is 0 Å². The normalized spacial score (nSPS) is 14.1. The highest BCUT2D eigenvalue weighted by Crippen LogP contribution is 2.34. The molecule has 8 heteroatoms. The SMILES string of the molecule is CCC(OCOCC[Si](C)(C)C)(C(=O)O)c1ccc(OCCF)cc1F. The summed E-state index contributed by atoms with van der Waals surface area (Å²) in [5.41, 5.74) is -1.98. The lowest BCUT2D eigenvalue weighted by molar-refractivity contribution is -0.189. The standard InChI is InChI=1S/C18H28F2O5Si/c1-5-18(17(21)22,25-13-23-10-11-26(2,3)4)15-7-6-14(12-16(15)20)24-9-8-19/h6-7,12H,5,8-11,13H2,1-4H3,(H,21,22). The largest absolute Gasteiger partial charge is 0.491 e. The fourth-order valence-corrected chi connectivity index (χ4v) is 3.10. The van der Waals surface area contributed by atoms with Gasteiger partial charge in [-0.05, 0) is 24.6 Å². The molecule has 26 heavy (non-hydrogen) atoms. The first-order valence-electron chi connectivity index (χ1n) is 8.60. The first-order valence-corrected chi connectivity index (χ1v) is 12.3. The molecule has 1 unspecified atom stereocenters. The Morgan fingerprint density at radius 2 is 1.96 bits per heavy atom. The van der Waals surface area contributed by atoms with Crippen molar-refractivity contribution in [3.8, 4) is 5.75 Å². The summed E-state index contributed by atoms with van der Waals surface area (Å²) in [6, 6.07) is 4.64. The summed E-state index contributed by atoms with van der Waals surface area (Å²) in [7, 11) is -1.27. The van der Waals surface area contributed by atoms with Crippen molar-refractivity contribution in [3.05, 3.63) is 29.6 Å². The molecule has 0 saturated carbocycles. The lowest BCUT2D eigenvalue weighted by Crippen LogP contribution is -2.40. The second-order valence-electron chi connectivity index (χ2n) is 7.15. The maximum Gasteiger partial charge on any atom is 0.340 e. The van der Waals surface area contributed by atoms with Gasteiger partial charge < -0.3 is 19.3 Å². The van der Waals surface area contributed by atoms with E-state index in [1.165, 1.54) is 12.1 Å². The van der Waals surface area contributed by atoms with Crippen molar-refractivity contribution in [2.24, 2.45) is 0 Å². The lowest BCUT2D eigenvalue weighted by atomic mass is 9.90. The summed E-state index contributed by atoms with van der Waals surface area (Å²) >= 11 is 0. The van der Waals surface area contributed by atoms with Gasteiger partial charge in [-0.25, -0.2) is 13.6 Å². The average molecular weight is 390 g/mol. The summed E-state index contributed by atoms with van der Waals surface area (Å²) in [5.74, 6) is -1.96. The third-order valence-corrected chi connectivity index (χ3v) is 5.65. The van der Waals surface area contributed by atoms with E-state index in [9.17, 15) is 18.7 Å². The molecule has 0 heterocycles. The summed E-state index contributed by atoms with van der Waals surface area (Å²) in [4.78, 5) is 11.9. The van der Waals surface area contributed by atoms with Crippen molar-refractivity contribution >= 4 is 14.0 Å². The van der Waals surface area contributed by atoms with Crippen LogP contribution in [0.3, 0.4) is 0 Å². The van der Waals surface area contributed by atoms with Crippen LogP contribution in [0.4, 0.5) is 8.78 Å². The molecule has 0 aliphatic carbocycles. The molecule has 0 bridgehead atoms. The molecule has 0 amide bonds. The molecule has 0 fully saturated rings. The number of carbonyl (C=O) groups is 1. The number of alkyl halides is 1. The first-order chi connectivity index (χ1) is 12.2. The predicted molar refractivity (Wildman–Crippen MR) is 97.5 cm³/mol. The Hall–Kier alpha value is -1.51. The van der Waals surface area contributed by atoms with Crippen LogP contribution < -0.4 is 4.74 Å². The second-order valence-corrected chi connectivity index (χ2v) is 12.8. The number of carboxylic acids is 1. The minimum absolute atomic E-state index is 0.0152. The van der Waals surface area contributed by atoms with Gasteiger partial charge in [0.1, 0.15) is 31.6 Å². The molecule has 5 nitrogen and oxygen atoms in total. The molecule has 0 aliphatic rings. The molecule has 0 saturated heterocycles. The molecule has 1 aromatic rings. The minimum Gasteiger partial charge on any atom is -0.491 e. The highest BCUT2D eigenvalue weighted by Gasteiger charge is 2.42. The number of hydrogen-bond acceptors (Lipinski definition) is 4. The van der Waals surface area contributed by atoms with Gasteiger partial charge in [0.05, 0.1) is 0 Å². The number of carboxylic acid groups (broad SMARTS) is 1. The molecule has 1 N–H and O–H groups in total. The van der Waals surface area contributed by atoms with Crippen molar-refractivity contribution < 1.29 is 32.9 Å². The summed E-state index contributed by atoms with van der Waals surface area (Å²) in [6.45, 7) is 7.53. The van der Waals surface area contributed by atoms with Crippen LogP contribution in [-0.4, -0.2) is 45.8 Å². The van der Waals surface area contributed by atoms with Gasteiger partial charge in [-0.2, -0.15) is 0 Å². The Kier molecular flexibility index (Phi) is 8.65. The van der Waals surface area contributed by atoms with Gasteiger partial charge in [0.15, 0.2) is 5.60 Å². The Balaban J connectivity index is 2.90. The Morgan fingerprint density at radius 3 is 2.46 bits per heavy atom. The molecule has 1 aromatic carbocycles. The average Bonchev–Trinajstić information content (AvgIpc) is 2.56. The molecule has 1 atom stereocenters. The first kappa shape index (κ1) is 22.5. The number of ether oxygens (including phenoxy) is 3. The lowest BCUT2D eigenvalue weighted by Gasteiger charge is -2.29. The highest BCUT2D eigenvalue weighted by molar-refractivity contribution is 6.76. The molecule has 0 aromatic heterocycles. The Morgan fingerprint density at radius 1 is 1.27 bits per heavy atom. The molecule has 0 aliphatic heterocycles. The molecule has 0 radical (unpaired) electrons. The van der Waals surface area contributed by atoms with E-state index in [2.05, 4.69) is 19.6 Å². The van der Waals surface area contributed by atoms with E-state index in [-0.39, 0.29) is 31.1 Å². The number of hydrogen-bond donors (Lipinski definition) is 1. The van der Waals surface area contributed by atoms with Gasteiger partial charge in [-0.3, -0.25) is 0 Å². The van der Waals surface area contributed by atoms with Crippen molar-refractivity contribution in [1.29, 1.82) is 0 Å². The zero-order valence-corrected chi connectivity index (χ0v) is 16.8. The predicted octanol–water partition coefficient (Wildman–Crippen LogP) is 4.19. The van der Waals surface area contributed by atoms with Crippen LogP contribution in [0.15, 0.2) is 18.2 Å². The van der Waals surface area contributed by atoms with E-state index in [0.717, 1.165) is 12.1 Å². The zero-order chi connectivity index (χ0) is 19.8. The van der Waals surface area contributed by atoms with Crippen LogP contribution >= 0.6 is 0 Å². The van der Waals surface area contributed by atoms with E-state index in [0.29, 0.717) is 6.61 Å². The van der Waals surface area contributed by atoms with E-state index >= 15 is 0 Å². The van der Waals surface area contributed by atoms with Gasteiger partial charge in [-0.15, -0.1) is 0 Å². The topological polar surface area (TPSA) is 65.0 Å². The van der Waals surface area contributed by atoms with Crippen molar-refractivity contribution in [3.63, 3.8) is 0 Å². The van der Waals surface area contributed by atoms with Gasteiger partial charge in [0.2, 0.25) is 0 Å². The second kappa shape index (κ2) is 9.99. The Labute approximate surface area is 154 Å². The van der Waals surface area contributed by atoms with Gasteiger partial charge >= 0.3 is 5.97 Å². The van der Waals surface area contributed by atoms with Crippen LogP contribution in [0, 0.1) is 5.82 Å². The molecule has 0 spiro atoms. The third-order valence-electron chi connectivity index (χ3n) is 3.95. The summed E-state index contributed by atoms with van der Waals surface area (Å²) in [6.07, 6.45) is 0.0152. The van der Waals surface area contributed by atoms with Gasteiger partial charge in [0, 0.05) is 26.3 Å². The smallest absolute Gasteiger partial charge is 0.340 e. The van der Waals surface area contributed by atoms with Crippen molar-refractivity contribution in [1.82, 2.24) is 0 Å². The monoisotopic (exact) mass is 390 g/mol. The Bertz CT molecular complexity index is 591. The molecule has 1 rings (SSSR count). The fourth-order valence-electron chi connectivity index (χ4n) is 2.35. The maximum atomic E-state index is 14.5. The maximum absolute atomic E-state index is 14.5. The van der Waals surface area contributed by atoms with Crippen LogP contribution in [0.2, 0.25) is 25.7 Å². The number of rotatable bonds is 12. The quantitative estimate of drug-likeness (QED) is 0.329. The molecule has 148 valence electrons. The number of benzene rings is 1. The zero-order valence-electron chi connectivity index (χ0n) is 15.8. The van der Waals surface area contributed by atoms with E-state index < -0.39 is 32.1 Å². The fraction of sp³-hybridized carbons (Fsp3) is 0.611. The molecular formula is C18H28F2O5Si. The van der Waals surface area contributed by atoms with Gasteiger partial charge in [-0.1, -0.05) is 26.6 Å². The van der Waals surface area contributed by atoms with Gasteiger partial charge in [0.25, 0.3) is 0 Å². The van der Waals surface area contributed by atoms with Crippen molar-refractivity contribution in [2.75, 3.05) is 26.7 Å². The minimum atomic E-state index is -1.86. The third kappa shape index (κ3) is 6.33. The van der Waals surface area contributed by atoms with E-state index in [1.807, 2.05) is 0 Å². The van der Waals surface area contributed by atoms with E-state index in [1.54, 1.807) is 6.92 Å². The van der Waals surface area contributed by atoms with Crippen molar-refractivity contribution in [2.45, 2.75) is 44.6 Å².